The fourth-order valence-corrected chi connectivity index (χ4v) is 8.68. The zero-order valence-corrected chi connectivity index (χ0v) is 39.3. The predicted molar refractivity (Wildman–Crippen MR) is 247 cm³/mol. The Hall–Kier alpha value is -3.68. The van der Waals surface area contributed by atoms with E-state index in [-0.39, 0.29) is 43.1 Å². The molecule has 0 aliphatic rings. The number of carbonyl (C=O) groups is 2. The summed E-state index contributed by atoms with van der Waals surface area (Å²) >= 11 is 27.6. The van der Waals surface area contributed by atoms with E-state index >= 15 is 0 Å². The molecule has 2 N–H and O–H groups in total. The molecule has 62 heavy (non-hydrogen) atoms. The molecule has 4 aromatic carbocycles. The summed E-state index contributed by atoms with van der Waals surface area (Å²) in [4.78, 5) is 38.9. The van der Waals surface area contributed by atoms with Crippen LogP contribution in [0.2, 0.25) is 20.1 Å². The van der Waals surface area contributed by atoms with Gasteiger partial charge in [-0.2, -0.15) is 0 Å². The van der Waals surface area contributed by atoms with Gasteiger partial charge in [-0.1, -0.05) is 142 Å². The van der Waals surface area contributed by atoms with Gasteiger partial charge in [-0.3, -0.25) is 9.59 Å². The van der Waals surface area contributed by atoms with Crippen molar-refractivity contribution in [2.24, 2.45) is 0 Å². The van der Waals surface area contributed by atoms with Crippen molar-refractivity contribution in [3.05, 3.63) is 138 Å². The van der Waals surface area contributed by atoms with Gasteiger partial charge in [-0.05, 0) is 42.3 Å². The minimum Gasteiger partial charge on any atom is -0.870 e. The number of hydrogen-bond acceptors (Lipinski definition) is 12. The summed E-state index contributed by atoms with van der Waals surface area (Å²) < 4.78 is 15.9. The van der Waals surface area contributed by atoms with Crippen LogP contribution in [0.15, 0.2) is 97.1 Å². The van der Waals surface area contributed by atoms with Crippen molar-refractivity contribution in [2.45, 2.75) is 46.1 Å². The second-order valence-electron chi connectivity index (χ2n) is 13.2. The molecule has 0 spiro atoms. The van der Waals surface area contributed by atoms with Gasteiger partial charge in [0.25, 0.3) is 0 Å². The van der Waals surface area contributed by atoms with Gasteiger partial charge in [0.2, 0.25) is 0 Å². The smallest absolute Gasteiger partial charge is 0.870 e. The Balaban J connectivity index is 0.000000321. The van der Waals surface area contributed by atoms with Gasteiger partial charge in [0.15, 0.2) is 10.3 Å². The Labute approximate surface area is 402 Å². The molecular formula is C44H45Cl4LiN4O7S2. The van der Waals surface area contributed by atoms with Crippen molar-refractivity contribution in [1.82, 2.24) is 9.97 Å². The van der Waals surface area contributed by atoms with Crippen LogP contribution in [0.1, 0.15) is 40.6 Å². The van der Waals surface area contributed by atoms with Crippen LogP contribution in [0, 0.1) is 0 Å². The van der Waals surface area contributed by atoms with Gasteiger partial charge < -0.3 is 34.6 Å². The number of aliphatic carboxylic acids is 1. The number of carboxylic acid groups (broad SMARTS) is 1. The molecule has 2 heterocycles. The van der Waals surface area contributed by atoms with Gasteiger partial charge in [0.05, 0.1) is 73.9 Å². The van der Waals surface area contributed by atoms with Crippen molar-refractivity contribution >= 4 is 91.3 Å². The molecule has 324 valence electrons. The SMILES string of the molecule is CCOC(=O)CCN(Cc1ccccc1)c1nc(-c2ccc(Cl)c(Cl)c2)c(COC)s1.COCc1sc(N(CCC(=O)O)Cc2ccccc2)nc1-c1ccc(Cl)c(Cl)c1.[Li+].[OH-]. The quantitative estimate of drug-likeness (QED) is 0.0615. The first-order chi connectivity index (χ1) is 29.0. The van der Waals surface area contributed by atoms with E-state index in [1.54, 1.807) is 50.7 Å². The van der Waals surface area contributed by atoms with Crippen molar-refractivity contribution in [2.75, 3.05) is 43.7 Å². The third-order valence-electron chi connectivity index (χ3n) is 8.77. The largest absolute Gasteiger partial charge is 1.00 e. The van der Waals surface area contributed by atoms with Gasteiger partial charge in [-0.15, -0.1) is 0 Å². The summed E-state index contributed by atoms with van der Waals surface area (Å²) in [5, 5.41) is 12.6. The van der Waals surface area contributed by atoms with Gasteiger partial charge >= 0.3 is 30.8 Å². The van der Waals surface area contributed by atoms with Crippen molar-refractivity contribution in [3.63, 3.8) is 0 Å². The molecule has 0 fully saturated rings. The van der Waals surface area contributed by atoms with Crippen LogP contribution in [0.25, 0.3) is 22.5 Å². The molecule has 11 nitrogen and oxygen atoms in total. The van der Waals surface area contributed by atoms with Crippen LogP contribution in [0.3, 0.4) is 0 Å². The van der Waals surface area contributed by atoms with Crippen LogP contribution in [0.5, 0.6) is 0 Å². The Bertz CT molecular complexity index is 2320. The molecule has 0 saturated carbocycles. The first-order valence-electron chi connectivity index (χ1n) is 18.8. The van der Waals surface area contributed by atoms with E-state index in [2.05, 4.69) is 17.0 Å². The third kappa shape index (κ3) is 15.5. The van der Waals surface area contributed by atoms with E-state index in [0.29, 0.717) is 66.1 Å². The first-order valence-corrected chi connectivity index (χ1v) is 22.0. The number of benzene rings is 4. The molecule has 0 bridgehead atoms. The van der Waals surface area contributed by atoms with Crippen molar-refractivity contribution < 1.29 is 53.2 Å². The molecule has 0 aliphatic carbocycles. The molecular weight excluding hydrogens is 909 g/mol. The fourth-order valence-electron chi connectivity index (χ4n) is 5.93. The van der Waals surface area contributed by atoms with Crippen LogP contribution < -0.4 is 28.7 Å². The number of esters is 1. The predicted octanol–water partition coefficient (Wildman–Crippen LogP) is 8.79. The van der Waals surface area contributed by atoms with Crippen LogP contribution in [-0.2, 0) is 50.1 Å². The standard InChI is InChI=1S/C23H24Cl2N2O3S.C21H20Cl2N2O3S.Li.H2O/c1-3-30-21(28)11-12-27(14-16-7-5-4-6-8-16)23-26-22(20(31-23)15-29-2)17-9-10-18(24)19(25)13-17;1-28-13-18-20(15-7-8-16(22)17(23)11-15)24-21(29-18)25(10-9-19(26)27)12-14-5-3-2-4-6-14;;/h4-10,13H,3,11-12,14-15H2,1-2H3;2-8,11H,9-10,12-13H2,1H3,(H,26,27);;1H2/q;;+1;/p-1. The number of methoxy groups -OCH3 is 2. The van der Waals surface area contributed by atoms with E-state index in [0.717, 1.165) is 53.7 Å². The molecule has 2 aromatic heterocycles. The Morgan fingerprint density at radius 3 is 1.44 bits per heavy atom. The molecule has 0 atom stereocenters. The summed E-state index contributed by atoms with van der Waals surface area (Å²) in [5.41, 5.74) is 5.48. The zero-order chi connectivity index (χ0) is 43.0. The topological polar surface area (TPSA) is 144 Å². The summed E-state index contributed by atoms with van der Waals surface area (Å²) in [7, 11) is 3.28. The Morgan fingerprint density at radius 2 is 1.06 bits per heavy atom. The van der Waals surface area contributed by atoms with Crippen LogP contribution in [-0.4, -0.2) is 66.4 Å². The number of thiazole rings is 2. The summed E-state index contributed by atoms with van der Waals surface area (Å²) in [6.07, 6.45) is 0.302. The maximum atomic E-state index is 12.0. The summed E-state index contributed by atoms with van der Waals surface area (Å²) in [6.45, 7) is 5.03. The molecule has 0 radical (unpaired) electrons. The number of carbonyl (C=O) groups excluding carboxylic acids is 1. The number of rotatable bonds is 19. The average Bonchev–Trinajstić information content (AvgIpc) is 3.86. The Kier molecular flexibility index (Phi) is 22.8. The average molecular weight is 955 g/mol. The first kappa shape index (κ1) is 52.7. The molecule has 6 rings (SSSR count). The number of carboxylic acids is 1. The second-order valence-corrected chi connectivity index (χ2v) is 16.9. The van der Waals surface area contributed by atoms with E-state index in [4.69, 9.17) is 75.7 Å². The minimum atomic E-state index is -0.846. The maximum absolute atomic E-state index is 12.0. The number of aromatic nitrogens is 2. The fraction of sp³-hybridized carbons (Fsp3) is 0.273. The molecule has 6 aromatic rings. The van der Waals surface area contributed by atoms with Gasteiger partial charge in [0, 0.05) is 51.5 Å². The molecule has 0 unspecified atom stereocenters. The van der Waals surface area contributed by atoms with Crippen molar-refractivity contribution in [3.8, 4) is 22.5 Å². The molecule has 0 saturated heterocycles. The Morgan fingerprint density at radius 1 is 0.645 bits per heavy atom. The minimum absolute atomic E-state index is 0. The van der Waals surface area contributed by atoms with Gasteiger partial charge in [-0.25, -0.2) is 9.97 Å². The molecule has 0 amide bonds. The normalized spacial score (nSPS) is 10.5. The van der Waals surface area contributed by atoms with E-state index in [1.807, 2.05) is 71.6 Å². The number of halogens is 4. The second kappa shape index (κ2) is 26.8. The number of hydrogen-bond donors (Lipinski definition) is 1. The zero-order valence-electron chi connectivity index (χ0n) is 34.7. The summed E-state index contributed by atoms with van der Waals surface area (Å²) in [6, 6.07) is 30.8. The third-order valence-corrected chi connectivity index (χ3v) is 12.4. The van der Waals surface area contributed by atoms with E-state index in [1.165, 1.54) is 11.3 Å². The summed E-state index contributed by atoms with van der Waals surface area (Å²) in [5.74, 6) is -1.07. The van der Waals surface area contributed by atoms with E-state index in [9.17, 15) is 9.59 Å². The number of anilines is 2. The molecule has 0 aliphatic heterocycles. The van der Waals surface area contributed by atoms with E-state index < -0.39 is 5.97 Å². The van der Waals surface area contributed by atoms with Gasteiger partial charge in [0.1, 0.15) is 0 Å². The maximum Gasteiger partial charge on any atom is 1.00 e. The van der Waals surface area contributed by atoms with Crippen LogP contribution >= 0.6 is 69.1 Å². The number of nitrogens with zero attached hydrogens (tertiary/aromatic N) is 4. The molecule has 18 heteroatoms. The number of ether oxygens (including phenoxy) is 3. The van der Waals surface area contributed by atoms with Crippen molar-refractivity contribution in [1.29, 1.82) is 0 Å². The monoisotopic (exact) mass is 952 g/mol. The van der Waals surface area contributed by atoms with Crippen LogP contribution in [0.4, 0.5) is 10.3 Å².